The summed E-state index contributed by atoms with van der Waals surface area (Å²) in [5.74, 6) is 0.357. The zero-order valence-corrected chi connectivity index (χ0v) is 9.94. The molecule has 6 nitrogen and oxygen atoms in total. The molecular weight excluding hydrogens is 244 g/mol. The van der Waals surface area contributed by atoms with Gasteiger partial charge in [-0.15, -0.1) is 0 Å². The van der Waals surface area contributed by atoms with E-state index in [0.29, 0.717) is 35.7 Å². The molecule has 0 fully saturated rings. The fourth-order valence-corrected chi connectivity index (χ4v) is 1.41. The topological polar surface area (TPSA) is 73.1 Å². The van der Waals surface area contributed by atoms with E-state index in [1.54, 1.807) is 25.4 Å². The number of anilines is 1. The Morgan fingerprint density at radius 2 is 2.41 bits per heavy atom. The highest BCUT2D eigenvalue weighted by Gasteiger charge is 2.12. The van der Waals surface area contributed by atoms with E-state index in [2.05, 4.69) is 20.4 Å². The Labute approximate surface area is 103 Å². The molecule has 0 aromatic carbocycles. The fraction of sp³-hybridized carbons (Fsp3) is 0.300. The fourth-order valence-electron chi connectivity index (χ4n) is 1.20. The van der Waals surface area contributed by atoms with Gasteiger partial charge in [0.2, 0.25) is 5.82 Å². The Hall–Kier alpha value is -1.66. The normalized spacial score (nSPS) is 10.5. The van der Waals surface area contributed by atoms with Crippen LogP contribution in [0.15, 0.2) is 22.9 Å². The zero-order chi connectivity index (χ0) is 12.1. The summed E-state index contributed by atoms with van der Waals surface area (Å²) in [6.07, 6.45) is 1.62. The van der Waals surface area contributed by atoms with Crippen molar-refractivity contribution in [2.24, 2.45) is 0 Å². The van der Waals surface area contributed by atoms with Crippen molar-refractivity contribution in [1.82, 2.24) is 15.1 Å². The van der Waals surface area contributed by atoms with Gasteiger partial charge in [-0.05, 0) is 12.1 Å². The Morgan fingerprint density at radius 3 is 3.18 bits per heavy atom. The summed E-state index contributed by atoms with van der Waals surface area (Å²) in [6.45, 7) is 1.15. The molecule has 17 heavy (non-hydrogen) atoms. The molecule has 0 radical (unpaired) electrons. The molecule has 0 aliphatic heterocycles. The van der Waals surface area contributed by atoms with Gasteiger partial charge in [0.15, 0.2) is 0 Å². The van der Waals surface area contributed by atoms with Gasteiger partial charge in [0, 0.05) is 19.9 Å². The molecule has 0 spiro atoms. The predicted octanol–water partition coefficient (Wildman–Crippen LogP) is 1.84. The van der Waals surface area contributed by atoms with Crippen molar-refractivity contribution in [2.45, 2.75) is 0 Å². The molecular formula is C10H11ClN4O2. The molecule has 2 aromatic rings. The number of nitrogens with one attached hydrogen (secondary N) is 1. The lowest BCUT2D eigenvalue weighted by atomic mass is 10.3. The monoisotopic (exact) mass is 254 g/mol. The molecule has 2 rings (SSSR count). The van der Waals surface area contributed by atoms with Crippen LogP contribution < -0.4 is 5.32 Å². The van der Waals surface area contributed by atoms with Gasteiger partial charge in [0.25, 0.3) is 0 Å². The van der Waals surface area contributed by atoms with Crippen molar-refractivity contribution in [3.63, 3.8) is 0 Å². The molecule has 0 saturated heterocycles. The second kappa shape index (κ2) is 5.60. The highest BCUT2D eigenvalue weighted by Crippen LogP contribution is 2.23. The van der Waals surface area contributed by atoms with Crippen molar-refractivity contribution in [2.75, 3.05) is 25.6 Å². The number of methoxy groups -OCH3 is 1. The Morgan fingerprint density at radius 1 is 1.53 bits per heavy atom. The third kappa shape index (κ3) is 2.92. The molecule has 7 heteroatoms. The minimum Gasteiger partial charge on any atom is -0.383 e. The maximum atomic E-state index is 5.97. The van der Waals surface area contributed by atoms with Crippen molar-refractivity contribution in [1.29, 1.82) is 0 Å². The van der Waals surface area contributed by atoms with Crippen LogP contribution in [-0.4, -0.2) is 35.4 Å². The predicted molar refractivity (Wildman–Crippen MR) is 62.9 cm³/mol. The standard InChI is InChI=1S/C10H11ClN4O2/c1-16-6-5-13-10-14-9(15-17-10)8-7(11)3-2-4-12-8/h2-4H,5-6H2,1H3,(H,13,14,15). The number of halogens is 1. The molecule has 0 aliphatic carbocycles. The van der Waals surface area contributed by atoms with Gasteiger partial charge in [-0.2, -0.15) is 4.98 Å². The van der Waals surface area contributed by atoms with Crippen molar-refractivity contribution < 1.29 is 9.26 Å². The maximum Gasteiger partial charge on any atom is 0.321 e. The van der Waals surface area contributed by atoms with Crippen LogP contribution >= 0.6 is 11.6 Å². The van der Waals surface area contributed by atoms with E-state index >= 15 is 0 Å². The molecule has 1 N–H and O–H groups in total. The first-order valence-corrected chi connectivity index (χ1v) is 5.36. The smallest absolute Gasteiger partial charge is 0.321 e. The highest BCUT2D eigenvalue weighted by atomic mass is 35.5. The average molecular weight is 255 g/mol. The minimum atomic E-state index is 0.318. The number of pyridine rings is 1. The largest absolute Gasteiger partial charge is 0.383 e. The Bertz CT molecular complexity index is 489. The van der Waals surface area contributed by atoms with Crippen LogP contribution in [0, 0.1) is 0 Å². The maximum absolute atomic E-state index is 5.97. The van der Waals surface area contributed by atoms with Crippen molar-refractivity contribution in [3.05, 3.63) is 23.4 Å². The second-order valence-corrected chi connectivity index (χ2v) is 3.58. The van der Waals surface area contributed by atoms with Gasteiger partial charge in [0.1, 0.15) is 5.69 Å². The number of rotatable bonds is 5. The van der Waals surface area contributed by atoms with Crippen molar-refractivity contribution >= 4 is 17.6 Å². The lowest BCUT2D eigenvalue weighted by Crippen LogP contribution is -2.07. The van der Waals surface area contributed by atoms with E-state index in [1.807, 2.05) is 0 Å². The van der Waals surface area contributed by atoms with E-state index in [4.69, 9.17) is 20.9 Å². The first-order chi connectivity index (χ1) is 8.31. The number of aromatic nitrogens is 3. The number of nitrogens with zero attached hydrogens (tertiary/aromatic N) is 3. The number of ether oxygens (including phenoxy) is 1. The molecule has 0 aliphatic rings. The van der Waals surface area contributed by atoms with E-state index in [1.165, 1.54) is 0 Å². The van der Waals surface area contributed by atoms with Gasteiger partial charge in [-0.25, -0.2) is 0 Å². The van der Waals surface area contributed by atoms with Gasteiger partial charge in [-0.3, -0.25) is 4.98 Å². The molecule has 2 aromatic heterocycles. The number of hydrogen-bond acceptors (Lipinski definition) is 6. The molecule has 0 bridgehead atoms. The quantitative estimate of drug-likeness (QED) is 0.821. The first kappa shape index (κ1) is 11.8. The SMILES string of the molecule is COCCNc1nc(-c2ncccc2Cl)no1. The third-order valence-electron chi connectivity index (χ3n) is 1.98. The van der Waals surface area contributed by atoms with Gasteiger partial charge >= 0.3 is 6.01 Å². The second-order valence-electron chi connectivity index (χ2n) is 3.18. The third-order valence-corrected chi connectivity index (χ3v) is 2.28. The van der Waals surface area contributed by atoms with Crippen LogP contribution in [0.5, 0.6) is 0 Å². The van der Waals surface area contributed by atoms with Gasteiger partial charge in [0.05, 0.1) is 11.6 Å². The van der Waals surface area contributed by atoms with Gasteiger partial charge in [-0.1, -0.05) is 16.8 Å². The first-order valence-electron chi connectivity index (χ1n) is 4.98. The van der Waals surface area contributed by atoms with Crippen LogP contribution in [0.1, 0.15) is 0 Å². The average Bonchev–Trinajstić information content (AvgIpc) is 2.79. The van der Waals surface area contributed by atoms with Crippen LogP contribution in [0.4, 0.5) is 6.01 Å². The summed E-state index contributed by atoms with van der Waals surface area (Å²) in [5.41, 5.74) is 0.498. The van der Waals surface area contributed by atoms with Crippen LogP contribution in [0.3, 0.4) is 0 Å². The summed E-state index contributed by atoms with van der Waals surface area (Å²) in [4.78, 5) is 8.21. The van der Waals surface area contributed by atoms with Gasteiger partial charge < -0.3 is 14.6 Å². The summed E-state index contributed by atoms with van der Waals surface area (Å²) in [7, 11) is 1.62. The molecule has 2 heterocycles. The van der Waals surface area contributed by atoms with Crippen molar-refractivity contribution in [3.8, 4) is 11.5 Å². The molecule has 0 unspecified atom stereocenters. The minimum absolute atomic E-state index is 0.318. The van der Waals surface area contributed by atoms with E-state index in [0.717, 1.165) is 0 Å². The Balaban J connectivity index is 2.10. The molecule has 0 amide bonds. The Kier molecular flexibility index (Phi) is 3.89. The van der Waals surface area contributed by atoms with E-state index < -0.39 is 0 Å². The zero-order valence-electron chi connectivity index (χ0n) is 9.18. The van der Waals surface area contributed by atoms with E-state index in [-0.39, 0.29) is 0 Å². The summed E-state index contributed by atoms with van der Waals surface area (Å²) in [5, 5.41) is 7.19. The van der Waals surface area contributed by atoms with Crippen LogP contribution in [-0.2, 0) is 4.74 Å². The summed E-state index contributed by atoms with van der Waals surface area (Å²) in [6, 6.07) is 3.78. The molecule has 0 atom stereocenters. The molecule has 0 saturated carbocycles. The lowest BCUT2D eigenvalue weighted by Gasteiger charge is -1.97. The molecule has 90 valence electrons. The number of hydrogen-bond donors (Lipinski definition) is 1. The highest BCUT2D eigenvalue weighted by molar-refractivity contribution is 6.32. The van der Waals surface area contributed by atoms with E-state index in [9.17, 15) is 0 Å². The summed E-state index contributed by atoms with van der Waals surface area (Å²) >= 11 is 5.97. The summed E-state index contributed by atoms with van der Waals surface area (Å²) < 4.78 is 9.88. The lowest BCUT2D eigenvalue weighted by molar-refractivity contribution is 0.210. The van der Waals surface area contributed by atoms with Crippen LogP contribution in [0.2, 0.25) is 5.02 Å². The van der Waals surface area contributed by atoms with Crippen LogP contribution in [0.25, 0.3) is 11.5 Å².